The van der Waals surface area contributed by atoms with Gasteiger partial charge in [0, 0.05) is 31.4 Å². The molecule has 5 nitrogen and oxygen atoms in total. The molecule has 0 aliphatic carbocycles. The Labute approximate surface area is 101 Å². The molecule has 2 aromatic rings. The second-order valence-corrected chi connectivity index (χ2v) is 3.89. The Morgan fingerprint density at radius 3 is 2.82 bits per heavy atom. The van der Waals surface area contributed by atoms with Crippen molar-refractivity contribution in [2.45, 2.75) is 33.2 Å². The molecule has 0 bridgehead atoms. The molecule has 0 spiro atoms. The molecule has 0 atom stereocenters. The predicted octanol–water partition coefficient (Wildman–Crippen LogP) is 1.89. The first-order valence-electron chi connectivity index (χ1n) is 5.89. The average Bonchev–Trinajstić information content (AvgIpc) is 2.77. The summed E-state index contributed by atoms with van der Waals surface area (Å²) < 4.78 is 2.08. The highest BCUT2D eigenvalue weighted by atomic mass is 15.1. The first kappa shape index (κ1) is 11.6. The molecular weight excluding hydrogens is 214 g/mol. The monoisotopic (exact) mass is 231 g/mol. The SMILES string of the molecule is CCCn1ccnc1-c1cc(N)nc(CC)n1. The molecule has 0 unspecified atom stereocenters. The van der Waals surface area contributed by atoms with E-state index in [1.165, 1.54) is 0 Å². The van der Waals surface area contributed by atoms with Gasteiger partial charge in [0.05, 0.1) is 0 Å². The van der Waals surface area contributed by atoms with Crippen molar-refractivity contribution in [3.8, 4) is 11.5 Å². The largest absolute Gasteiger partial charge is 0.384 e. The average molecular weight is 231 g/mol. The highest BCUT2D eigenvalue weighted by molar-refractivity contribution is 5.54. The zero-order valence-corrected chi connectivity index (χ0v) is 10.2. The third kappa shape index (κ3) is 2.43. The van der Waals surface area contributed by atoms with E-state index >= 15 is 0 Å². The van der Waals surface area contributed by atoms with E-state index in [2.05, 4.69) is 26.4 Å². The van der Waals surface area contributed by atoms with E-state index in [4.69, 9.17) is 5.73 Å². The number of nitrogens with zero attached hydrogens (tertiary/aromatic N) is 4. The first-order chi connectivity index (χ1) is 8.24. The maximum Gasteiger partial charge on any atom is 0.158 e. The van der Waals surface area contributed by atoms with Gasteiger partial charge in [0.2, 0.25) is 0 Å². The number of rotatable bonds is 4. The van der Waals surface area contributed by atoms with Gasteiger partial charge in [-0.15, -0.1) is 0 Å². The van der Waals surface area contributed by atoms with E-state index in [0.717, 1.165) is 36.7 Å². The van der Waals surface area contributed by atoms with Gasteiger partial charge in [0.25, 0.3) is 0 Å². The Kier molecular flexibility index (Phi) is 3.37. The molecule has 0 radical (unpaired) electrons. The number of nitrogens with two attached hydrogens (primary N) is 1. The van der Waals surface area contributed by atoms with Gasteiger partial charge in [0.15, 0.2) is 5.82 Å². The number of anilines is 1. The number of hydrogen-bond acceptors (Lipinski definition) is 4. The lowest BCUT2D eigenvalue weighted by Crippen LogP contribution is -2.04. The van der Waals surface area contributed by atoms with E-state index in [1.807, 2.05) is 13.1 Å². The van der Waals surface area contributed by atoms with E-state index in [1.54, 1.807) is 12.3 Å². The minimum absolute atomic E-state index is 0.498. The van der Waals surface area contributed by atoms with Gasteiger partial charge in [-0.05, 0) is 6.42 Å². The molecule has 0 amide bonds. The van der Waals surface area contributed by atoms with E-state index in [-0.39, 0.29) is 0 Å². The van der Waals surface area contributed by atoms with Crippen LogP contribution in [0.4, 0.5) is 5.82 Å². The summed E-state index contributed by atoms with van der Waals surface area (Å²) >= 11 is 0. The van der Waals surface area contributed by atoms with Crippen LogP contribution in [0.1, 0.15) is 26.1 Å². The topological polar surface area (TPSA) is 69.6 Å². The van der Waals surface area contributed by atoms with Gasteiger partial charge < -0.3 is 10.3 Å². The van der Waals surface area contributed by atoms with Crippen LogP contribution in [0, 0.1) is 0 Å². The van der Waals surface area contributed by atoms with Crippen LogP contribution in [0.2, 0.25) is 0 Å². The number of hydrogen-bond donors (Lipinski definition) is 1. The van der Waals surface area contributed by atoms with Crippen molar-refractivity contribution in [1.82, 2.24) is 19.5 Å². The molecule has 0 saturated carbocycles. The molecule has 2 aromatic heterocycles. The number of imidazole rings is 1. The highest BCUT2D eigenvalue weighted by Crippen LogP contribution is 2.17. The van der Waals surface area contributed by atoms with Crippen molar-refractivity contribution in [2.75, 3.05) is 5.73 Å². The summed E-state index contributed by atoms with van der Waals surface area (Å²) in [4.78, 5) is 13.0. The lowest BCUT2D eigenvalue weighted by molar-refractivity contribution is 0.683. The Hall–Kier alpha value is -1.91. The van der Waals surface area contributed by atoms with Gasteiger partial charge >= 0.3 is 0 Å². The Morgan fingerprint density at radius 2 is 2.12 bits per heavy atom. The number of aryl methyl sites for hydroxylation is 2. The summed E-state index contributed by atoms with van der Waals surface area (Å²) in [6.45, 7) is 5.08. The van der Waals surface area contributed by atoms with Crippen molar-refractivity contribution in [3.05, 3.63) is 24.3 Å². The van der Waals surface area contributed by atoms with Crippen LogP contribution in [0.25, 0.3) is 11.5 Å². The Morgan fingerprint density at radius 1 is 1.29 bits per heavy atom. The fourth-order valence-electron chi connectivity index (χ4n) is 1.75. The van der Waals surface area contributed by atoms with E-state index in [0.29, 0.717) is 5.82 Å². The van der Waals surface area contributed by atoms with Crippen molar-refractivity contribution >= 4 is 5.82 Å². The molecule has 0 aliphatic rings. The molecule has 0 aromatic carbocycles. The van der Waals surface area contributed by atoms with Crippen LogP contribution in [0.5, 0.6) is 0 Å². The molecule has 2 rings (SSSR count). The van der Waals surface area contributed by atoms with Gasteiger partial charge in [0.1, 0.15) is 17.3 Å². The van der Waals surface area contributed by atoms with E-state index < -0.39 is 0 Å². The normalized spacial score (nSPS) is 10.7. The predicted molar refractivity (Wildman–Crippen MR) is 67.3 cm³/mol. The van der Waals surface area contributed by atoms with Crippen molar-refractivity contribution in [1.29, 1.82) is 0 Å². The smallest absolute Gasteiger partial charge is 0.158 e. The molecular formula is C12H17N5. The maximum atomic E-state index is 5.78. The van der Waals surface area contributed by atoms with Gasteiger partial charge in [-0.1, -0.05) is 13.8 Å². The summed E-state index contributed by atoms with van der Waals surface area (Å²) in [6.07, 6.45) is 5.58. The van der Waals surface area contributed by atoms with Gasteiger partial charge in [-0.25, -0.2) is 15.0 Å². The standard InChI is InChI=1S/C12H17N5/c1-3-6-17-7-5-14-12(17)9-8-10(13)16-11(4-2)15-9/h5,7-8H,3-4,6H2,1-2H3,(H2,13,15,16). The van der Waals surface area contributed by atoms with Crippen molar-refractivity contribution in [2.24, 2.45) is 0 Å². The lowest BCUT2D eigenvalue weighted by atomic mass is 10.3. The van der Waals surface area contributed by atoms with Gasteiger partial charge in [-0.3, -0.25) is 0 Å². The van der Waals surface area contributed by atoms with Crippen LogP contribution >= 0.6 is 0 Å². The fraction of sp³-hybridized carbons (Fsp3) is 0.417. The van der Waals surface area contributed by atoms with Crippen LogP contribution in [-0.4, -0.2) is 19.5 Å². The van der Waals surface area contributed by atoms with Crippen LogP contribution in [0.15, 0.2) is 18.5 Å². The van der Waals surface area contributed by atoms with E-state index in [9.17, 15) is 0 Å². The van der Waals surface area contributed by atoms with Gasteiger partial charge in [-0.2, -0.15) is 0 Å². The summed E-state index contributed by atoms with van der Waals surface area (Å²) in [5.41, 5.74) is 6.58. The maximum absolute atomic E-state index is 5.78. The molecule has 2 N–H and O–H groups in total. The summed E-state index contributed by atoms with van der Waals surface area (Å²) in [5.74, 6) is 2.11. The highest BCUT2D eigenvalue weighted by Gasteiger charge is 2.09. The molecule has 0 fully saturated rings. The fourth-order valence-corrected chi connectivity index (χ4v) is 1.75. The zero-order chi connectivity index (χ0) is 12.3. The first-order valence-corrected chi connectivity index (χ1v) is 5.89. The zero-order valence-electron chi connectivity index (χ0n) is 10.2. The summed E-state index contributed by atoms with van der Waals surface area (Å²) in [6, 6.07) is 1.77. The molecule has 17 heavy (non-hydrogen) atoms. The molecule has 90 valence electrons. The third-order valence-electron chi connectivity index (χ3n) is 2.52. The van der Waals surface area contributed by atoms with Crippen LogP contribution in [-0.2, 0) is 13.0 Å². The van der Waals surface area contributed by atoms with Crippen molar-refractivity contribution < 1.29 is 0 Å². The number of nitrogen functional groups attached to an aromatic ring is 1. The molecule has 2 heterocycles. The summed E-state index contributed by atoms with van der Waals surface area (Å²) in [7, 11) is 0. The quantitative estimate of drug-likeness (QED) is 0.872. The van der Waals surface area contributed by atoms with Crippen molar-refractivity contribution in [3.63, 3.8) is 0 Å². The minimum Gasteiger partial charge on any atom is -0.384 e. The second kappa shape index (κ2) is 4.95. The molecule has 0 saturated heterocycles. The number of aromatic nitrogens is 4. The molecule has 5 heteroatoms. The molecule has 0 aliphatic heterocycles. The third-order valence-corrected chi connectivity index (χ3v) is 2.52. The lowest BCUT2D eigenvalue weighted by Gasteiger charge is -2.07. The minimum atomic E-state index is 0.498. The van der Waals surface area contributed by atoms with Crippen LogP contribution < -0.4 is 5.73 Å². The Balaban J connectivity index is 2.44. The second-order valence-electron chi connectivity index (χ2n) is 3.89. The van der Waals surface area contributed by atoms with Crippen LogP contribution in [0.3, 0.4) is 0 Å². The summed E-state index contributed by atoms with van der Waals surface area (Å²) in [5, 5.41) is 0. The Bertz CT molecular complexity index is 503.